The maximum atomic E-state index is 12.3. The Labute approximate surface area is 156 Å². The Bertz CT molecular complexity index is 961. The molecule has 0 saturated carbocycles. The summed E-state index contributed by atoms with van der Waals surface area (Å²) in [6, 6.07) is 13.0. The summed E-state index contributed by atoms with van der Waals surface area (Å²) in [5, 5.41) is 8.35. The van der Waals surface area contributed by atoms with Crippen LogP contribution in [0.3, 0.4) is 0 Å². The number of esters is 1. The molecule has 1 aromatic carbocycles. The molecule has 2 atom stereocenters. The van der Waals surface area contributed by atoms with Gasteiger partial charge in [0.15, 0.2) is 5.78 Å². The van der Waals surface area contributed by atoms with Gasteiger partial charge in [0.1, 0.15) is 12.1 Å². The van der Waals surface area contributed by atoms with E-state index >= 15 is 0 Å². The van der Waals surface area contributed by atoms with Crippen molar-refractivity contribution in [3.63, 3.8) is 0 Å². The molecular formula is C20H20N4O3. The number of rotatable bonds is 6. The predicted molar refractivity (Wildman–Crippen MR) is 97.2 cm³/mol. The zero-order chi connectivity index (χ0) is 18.8. The molecule has 0 amide bonds. The monoisotopic (exact) mass is 364 g/mol. The van der Waals surface area contributed by atoms with Crippen molar-refractivity contribution in [3.05, 3.63) is 71.8 Å². The van der Waals surface area contributed by atoms with E-state index < -0.39 is 6.04 Å². The van der Waals surface area contributed by atoms with E-state index in [-0.39, 0.29) is 17.9 Å². The molecule has 0 unspecified atom stereocenters. The van der Waals surface area contributed by atoms with Crippen molar-refractivity contribution in [2.45, 2.75) is 38.5 Å². The molecule has 1 aliphatic heterocycles. The van der Waals surface area contributed by atoms with Crippen LogP contribution in [0.4, 0.5) is 0 Å². The van der Waals surface area contributed by atoms with Crippen LogP contribution < -0.4 is 0 Å². The number of ketones is 1. The van der Waals surface area contributed by atoms with Crippen molar-refractivity contribution in [2.24, 2.45) is 0 Å². The Morgan fingerprint density at radius 2 is 2.04 bits per heavy atom. The van der Waals surface area contributed by atoms with Gasteiger partial charge in [-0.3, -0.25) is 4.79 Å². The van der Waals surface area contributed by atoms with Gasteiger partial charge in [0, 0.05) is 32.2 Å². The van der Waals surface area contributed by atoms with Crippen LogP contribution in [-0.2, 0) is 22.5 Å². The van der Waals surface area contributed by atoms with Gasteiger partial charge < -0.3 is 9.30 Å². The summed E-state index contributed by atoms with van der Waals surface area (Å²) in [5.74, 6) is -0.379. The van der Waals surface area contributed by atoms with E-state index in [4.69, 9.17) is 4.74 Å². The van der Waals surface area contributed by atoms with E-state index in [1.54, 1.807) is 27.6 Å². The van der Waals surface area contributed by atoms with Crippen LogP contribution in [0.2, 0.25) is 0 Å². The molecule has 138 valence electrons. The fourth-order valence-electron chi connectivity index (χ4n) is 3.47. The van der Waals surface area contributed by atoms with Crippen LogP contribution in [0.1, 0.15) is 41.1 Å². The van der Waals surface area contributed by atoms with Crippen LogP contribution in [0, 0.1) is 0 Å². The van der Waals surface area contributed by atoms with E-state index in [0.717, 1.165) is 11.3 Å². The van der Waals surface area contributed by atoms with Crippen LogP contribution in [-0.4, -0.2) is 37.4 Å². The number of hydrogen-bond donors (Lipinski definition) is 0. The lowest BCUT2D eigenvalue weighted by Crippen LogP contribution is -2.17. The first-order valence-electron chi connectivity index (χ1n) is 8.91. The Hall–Kier alpha value is -3.22. The Morgan fingerprint density at radius 1 is 1.22 bits per heavy atom. The van der Waals surface area contributed by atoms with E-state index in [1.165, 1.54) is 6.92 Å². The van der Waals surface area contributed by atoms with Crippen LogP contribution >= 0.6 is 0 Å². The highest BCUT2D eigenvalue weighted by atomic mass is 16.6. The summed E-state index contributed by atoms with van der Waals surface area (Å²) in [6.45, 7) is 2.14. The highest BCUT2D eigenvalue weighted by molar-refractivity contribution is 5.93. The van der Waals surface area contributed by atoms with Gasteiger partial charge in [0.2, 0.25) is 0 Å². The minimum Gasteiger partial charge on any atom is -0.460 e. The van der Waals surface area contributed by atoms with E-state index in [0.29, 0.717) is 25.1 Å². The number of carbonyl (C=O) groups excluding carboxylic acids is 2. The summed E-state index contributed by atoms with van der Waals surface area (Å²) in [5.41, 5.74) is 2.45. The van der Waals surface area contributed by atoms with Crippen molar-refractivity contribution < 1.29 is 14.3 Å². The SMILES string of the molecule is CC(=O)c1cccn1[C@H]1C[C@H](Cc2cn(Cc3ccccc3)nn2)OC1=O. The highest BCUT2D eigenvalue weighted by Crippen LogP contribution is 2.29. The summed E-state index contributed by atoms with van der Waals surface area (Å²) in [4.78, 5) is 24.0. The number of aromatic nitrogens is 4. The number of hydrogen-bond acceptors (Lipinski definition) is 5. The lowest BCUT2D eigenvalue weighted by atomic mass is 10.1. The average molecular weight is 364 g/mol. The first-order chi connectivity index (χ1) is 13.1. The highest BCUT2D eigenvalue weighted by Gasteiger charge is 2.37. The van der Waals surface area contributed by atoms with Gasteiger partial charge in [-0.05, 0) is 17.7 Å². The molecule has 7 nitrogen and oxygen atoms in total. The molecule has 1 saturated heterocycles. The van der Waals surface area contributed by atoms with Gasteiger partial charge in [0.05, 0.1) is 17.9 Å². The minimum atomic E-state index is -0.469. The standard InChI is InChI=1S/C20H20N4O3/c1-14(25)18-8-5-9-24(18)19-11-17(27-20(19)26)10-16-13-23(22-21-16)12-15-6-3-2-4-7-15/h2-9,13,17,19H,10-12H2,1H3/t17-,19-/m0/s1. The van der Waals surface area contributed by atoms with Gasteiger partial charge in [-0.2, -0.15) is 0 Å². The maximum Gasteiger partial charge on any atom is 0.329 e. The molecule has 3 aromatic rings. The fourth-order valence-corrected chi connectivity index (χ4v) is 3.47. The smallest absolute Gasteiger partial charge is 0.329 e. The third-order valence-electron chi connectivity index (χ3n) is 4.73. The second-order valence-corrected chi connectivity index (χ2v) is 6.76. The van der Waals surface area contributed by atoms with Crippen LogP contribution in [0.15, 0.2) is 54.9 Å². The molecule has 1 aliphatic rings. The quantitative estimate of drug-likeness (QED) is 0.496. The number of cyclic esters (lactones) is 1. The summed E-state index contributed by atoms with van der Waals surface area (Å²) >= 11 is 0. The first-order valence-corrected chi connectivity index (χ1v) is 8.91. The summed E-state index contributed by atoms with van der Waals surface area (Å²) < 4.78 is 9.00. The molecule has 0 N–H and O–H groups in total. The normalized spacial score (nSPS) is 19.2. The first kappa shape index (κ1) is 17.2. The van der Waals surface area contributed by atoms with Gasteiger partial charge in [-0.1, -0.05) is 35.5 Å². The van der Waals surface area contributed by atoms with Crippen molar-refractivity contribution >= 4 is 11.8 Å². The predicted octanol–water partition coefficient (Wildman–Crippen LogP) is 2.43. The number of carbonyl (C=O) groups is 2. The molecule has 0 aliphatic carbocycles. The van der Waals surface area contributed by atoms with Gasteiger partial charge >= 0.3 is 5.97 Å². The summed E-state index contributed by atoms with van der Waals surface area (Å²) in [6.07, 6.45) is 4.38. The fraction of sp³-hybridized carbons (Fsp3) is 0.300. The molecule has 4 rings (SSSR count). The zero-order valence-electron chi connectivity index (χ0n) is 15.0. The van der Waals surface area contributed by atoms with Crippen LogP contribution in [0.5, 0.6) is 0 Å². The average Bonchev–Trinajstić information content (AvgIpc) is 3.36. The molecule has 2 aromatic heterocycles. The second-order valence-electron chi connectivity index (χ2n) is 6.76. The lowest BCUT2D eigenvalue weighted by molar-refractivity contribution is -0.143. The number of benzene rings is 1. The van der Waals surface area contributed by atoms with E-state index in [1.807, 2.05) is 36.5 Å². The molecule has 0 bridgehead atoms. The molecule has 1 fully saturated rings. The lowest BCUT2D eigenvalue weighted by Gasteiger charge is -2.11. The van der Waals surface area contributed by atoms with Gasteiger partial charge in [0.25, 0.3) is 0 Å². The largest absolute Gasteiger partial charge is 0.460 e. The molecule has 27 heavy (non-hydrogen) atoms. The molecule has 0 spiro atoms. The Kier molecular flexibility index (Phi) is 4.58. The minimum absolute atomic E-state index is 0.0693. The van der Waals surface area contributed by atoms with Crippen molar-refractivity contribution in [1.29, 1.82) is 0 Å². The van der Waals surface area contributed by atoms with Crippen LogP contribution in [0.25, 0.3) is 0 Å². The maximum absolute atomic E-state index is 12.3. The third-order valence-corrected chi connectivity index (χ3v) is 4.73. The molecule has 0 radical (unpaired) electrons. The third kappa shape index (κ3) is 3.67. The number of nitrogens with zero attached hydrogens (tertiary/aromatic N) is 4. The Morgan fingerprint density at radius 3 is 2.81 bits per heavy atom. The molecular weight excluding hydrogens is 344 g/mol. The molecule has 7 heteroatoms. The zero-order valence-corrected chi connectivity index (χ0v) is 15.0. The second kappa shape index (κ2) is 7.19. The summed E-state index contributed by atoms with van der Waals surface area (Å²) in [7, 11) is 0. The number of Topliss-reactive ketones (excluding diaryl/α,β-unsaturated/α-hetero) is 1. The Balaban J connectivity index is 1.42. The van der Waals surface area contributed by atoms with E-state index in [9.17, 15) is 9.59 Å². The number of ether oxygens (including phenoxy) is 1. The van der Waals surface area contributed by atoms with E-state index in [2.05, 4.69) is 10.3 Å². The topological polar surface area (TPSA) is 79.0 Å². The van der Waals surface area contributed by atoms with Crippen molar-refractivity contribution in [3.8, 4) is 0 Å². The van der Waals surface area contributed by atoms with Crippen molar-refractivity contribution in [2.75, 3.05) is 0 Å². The van der Waals surface area contributed by atoms with Gasteiger partial charge in [-0.25, -0.2) is 9.48 Å². The van der Waals surface area contributed by atoms with Crippen molar-refractivity contribution in [1.82, 2.24) is 19.6 Å². The molecule has 3 heterocycles. The van der Waals surface area contributed by atoms with Gasteiger partial charge in [-0.15, -0.1) is 5.10 Å².